The average molecular weight is 241 g/mol. The lowest BCUT2D eigenvalue weighted by molar-refractivity contribution is 0.246. The predicted molar refractivity (Wildman–Crippen MR) is 52.1 cm³/mol. The number of aliphatic hydroxyl groups excluding tert-OH is 2. The van der Waals surface area contributed by atoms with Crippen molar-refractivity contribution in [3.63, 3.8) is 0 Å². The van der Waals surface area contributed by atoms with Gasteiger partial charge in [0.2, 0.25) is 0 Å². The van der Waals surface area contributed by atoms with Crippen LogP contribution < -0.4 is 11.5 Å². The van der Waals surface area contributed by atoms with E-state index in [9.17, 15) is 0 Å². The Morgan fingerprint density at radius 2 is 1.33 bits per heavy atom. The molecule has 5 heteroatoms. The molecule has 0 aromatic rings. The SMILES string of the molecule is NC(CO)CC(Br)CC(N)CO. The fourth-order valence-corrected chi connectivity index (χ4v) is 1.86. The topological polar surface area (TPSA) is 92.5 Å². The van der Waals surface area contributed by atoms with Crippen LogP contribution in [0.1, 0.15) is 12.8 Å². The van der Waals surface area contributed by atoms with Crippen molar-refractivity contribution in [3.05, 3.63) is 0 Å². The number of alkyl halides is 1. The van der Waals surface area contributed by atoms with Gasteiger partial charge in [0.15, 0.2) is 0 Å². The molecule has 0 aliphatic carbocycles. The second-order valence-electron chi connectivity index (χ2n) is 2.95. The van der Waals surface area contributed by atoms with E-state index in [1.54, 1.807) is 0 Å². The predicted octanol–water partition coefficient (Wildman–Crippen LogP) is -0.831. The van der Waals surface area contributed by atoms with Crippen molar-refractivity contribution in [2.45, 2.75) is 29.8 Å². The largest absolute Gasteiger partial charge is 0.395 e. The maximum atomic E-state index is 8.65. The highest BCUT2D eigenvalue weighted by molar-refractivity contribution is 9.09. The molecule has 0 saturated carbocycles. The standard InChI is InChI=1S/C7H17BrN2O2/c8-5(1-6(9)3-11)2-7(10)4-12/h5-7,11-12H,1-4,9-10H2. The van der Waals surface area contributed by atoms with Gasteiger partial charge in [-0.25, -0.2) is 0 Å². The minimum Gasteiger partial charge on any atom is -0.395 e. The third-order valence-electron chi connectivity index (χ3n) is 1.59. The minimum atomic E-state index is -0.208. The van der Waals surface area contributed by atoms with Crippen molar-refractivity contribution in [1.29, 1.82) is 0 Å². The van der Waals surface area contributed by atoms with Gasteiger partial charge in [0, 0.05) is 16.9 Å². The van der Waals surface area contributed by atoms with Crippen LogP contribution in [0.3, 0.4) is 0 Å². The van der Waals surface area contributed by atoms with Crippen molar-refractivity contribution in [2.24, 2.45) is 11.5 Å². The molecule has 0 spiro atoms. The molecule has 0 heterocycles. The van der Waals surface area contributed by atoms with E-state index in [1.807, 2.05) is 0 Å². The van der Waals surface area contributed by atoms with Gasteiger partial charge in [-0.05, 0) is 12.8 Å². The van der Waals surface area contributed by atoms with Gasteiger partial charge in [-0.2, -0.15) is 0 Å². The monoisotopic (exact) mass is 240 g/mol. The van der Waals surface area contributed by atoms with Gasteiger partial charge < -0.3 is 21.7 Å². The summed E-state index contributed by atoms with van der Waals surface area (Å²) in [4.78, 5) is 0.168. The molecule has 4 nitrogen and oxygen atoms in total. The molecular formula is C7H17BrN2O2. The zero-order valence-corrected chi connectivity index (χ0v) is 8.57. The number of halogens is 1. The van der Waals surface area contributed by atoms with Crippen LogP contribution in [0.2, 0.25) is 0 Å². The second kappa shape index (κ2) is 6.80. The van der Waals surface area contributed by atoms with E-state index >= 15 is 0 Å². The van der Waals surface area contributed by atoms with E-state index in [0.29, 0.717) is 12.8 Å². The van der Waals surface area contributed by atoms with Crippen molar-refractivity contribution < 1.29 is 10.2 Å². The van der Waals surface area contributed by atoms with Crippen molar-refractivity contribution in [3.8, 4) is 0 Å². The molecule has 0 saturated heterocycles. The zero-order chi connectivity index (χ0) is 9.56. The number of rotatable bonds is 6. The Bertz CT molecular complexity index is 104. The molecular weight excluding hydrogens is 224 g/mol. The molecule has 0 rings (SSSR count). The van der Waals surface area contributed by atoms with Crippen LogP contribution in [0.25, 0.3) is 0 Å². The summed E-state index contributed by atoms with van der Waals surface area (Å²) in [6.07, 6.45) is 1.34. The van der Waals surface area contributed by atoms with Gasteiger partial charge in [-0.15, -0.1) is 0 Å². The van der Waals surface area contributed by atoms with E-state index in [2.05, 4.69) is 15.9 Å². The molecule has 0 aliphatic rings. The fraction of sp³-hybridized carbons (Fsp3) is 1.00. The molecule has 2 unspecified atom stereocenters. The van der Waals surface area contributed by atoms with Crippen LogP contribution in [0, 0.1) is 0 Å². The third-order valence-corrected chi connectivity index (χ3v) is 2.33. The molecule has 0 amide bonds. The molecule has 74 valence electrons. The van der Waals surface area contributed by atoms with E-state index < -0.39 is 0 Å². The normalized spacial score (nSPS) is 18.8. The lowest BCUT2D eigenvalue weighted by Crippen LogP contribution is -2.32. The summed E-state index contributed by atoms with van der Waals surface area (Å²) in [5.41, 5.74) is 11.0. The molecule has 2 atom stereocenters. The highest BCUT2D eigenvalue weighted by Crippen LogP contribution is 2.12. The molecule has 0 aromatic carbocycles. The molecule has 0 radical (unpaired) electrons. The van der Waals surface area contributed by atoms with E-state index in [4.69, 9.17) is 21.7 Å². The van der Waals surface area contributed by atoms with Crippen LogP contribution in [0.5, 0.6) is 0 Å². The maximum Gasteiger partial charge on any atom is 0.0582 e. The Labute approximate surface area is 81.1 Å². The molecule has 12 heavy (non-hydrogen) atoms. The van der Waals surface area contributed by atoms with Crippen LogP contribution in [-0.2, 0) is 0 Å². The van der Waals surface area contributed by atoms with Gasteiger partial charge in [-0.1, -0.05) is 15.9 Å². The van der Waals surface area contributed by atoms with E-state index in [-0.39, 0.29) is 30.1 Å². The summed E-state index contributed by atoms with van der Waals surface area (Å²) in [6, 6.07) is -0.416. The zero-order valence-electron chi connectivity index (χ0n) is 6.99. The highest BCUT2D eigenvalue weighted by Gasteiger charge is 2.12. The Kier molecular flexibility index (Phi) is 6.98. The number of nitrogens with two attached hydrogens (primary N) is 2. The summed E-state index contributed by atoms with van der Waals surface area (Å²) in [5.74, 6) is 0. The second-order valence-corrected chi connectivity index (χ2v) is 4.25. The summed E-state index contributed by atoms with van der Waals surface area (Å²) < 4.78 is 0. The molecule has 0 aliphatic heterocycles. The Morgan fingerprint density at radius 1 is 1.00 bits per heavy atom. The average Bonchev–Trinajstić information content (AvgIpc) is 2.03. The van der Waals surface area contributed by atoms with Gasteiger partial charge in [-0.3, -0.25) is 0 Å². The quantitative estimate of drug-likeness (QED) is 0.457. The first kappa shape index (κ1) is 12.3. The third kappa shape index (κ3) is 5.91. The fourth-order valence-electron chi connectivity index (χ4n) is 0.902. The summed E-state index contributed by atoms with van der Waals surface area (Å²) in [6.45, 7) is -0.0348. The summed E-state index contributed by atoms with van der Waals surface area (Å²) in [7, 11) is 0. The number of aliphatic hydroxyl groups is 2. The minimum absolute atomic E-state index is 0.0174. The first-order valence-electron chi connectivity index (χ1n) is 3.97. The Hall–Kier alpha value is 0.320. The highest BCUT2D eigenvalue weighted by atomic mass is 79.9. The van der Waals surface area contributed by atoms with Gasteiger partial charge in [0.1, 0.15) is 0 Å². The Morgan fingerprint density at radius 3 is 1.58 bits per heavy atom. The van der Waals surface area contributed by atoms with Gasteiger partial charge in [0.25, 0.3) is 0 Å². The first-order valence-corrected chi connectivity index (χ1v) is 4.88. The molecule has 0 bridgehead atoms. The van der Waals surface area contributed by atoms with Crippen molar-refractivity contribution >= 4 is 15.9 Å². The van der Waals surface area contributed by atoms with Crippen LogP contribution in [0.4, 0.5) is 0 Å². The van der Waals surface area contributed by atoms with Crippen molar-refractivity contribution in [1.82, 2.24) is 0 Å². The van der Waals surface area contributed by atoms with Gasteiger partial charge >= 0.3 is 0 Å². The smallest absolute Gasteiger partial charge is 0.0582 e. The van der Waals surface area contributed by atoms with E-state index in [0.717, 1.165) is 0 Å². The number of hydrogen-bond donors (Lipinski definition) is 4. The van der Waals surface area contributed by atoms with Crippen LogP contribution >= 0.6 is 15.9 Å². The molecule has 0 aromatic heterocycles. The Balaban J connectivity index is 3.51. The van der Waals surface area contributed by atoms with Crippen LogP contribution in [-0.4, -0.2) is 40.3 Å². The van der Waals surface area contributed by atoms with Crippen molar-refractivity contribution in [2.75, 3.05) is 13.2 Å². The molecule has 0 fully saturated rings. The van der Waals surface area contributed by atoms with E-state index in [1.165, 1.54) is 0 Å². The first-order chi connectivity index (χ1) is 5.60. The van der Waals surface area contributed by atoms with Crippen LogP contribution in [0.15, 0.2) is 0 Å². The lowest BCUT2D eigenvalue weighted by Gasteiger charge is -2.16. The number of hydrogen-bond acceptors (Lipinski definition) is 4. The summed E-state index contributed by atoms with van der Waals surface area (Å²) in [5, 5.41) is 17.3. The molecule has 6 N–H and O–H groups in total. The van der Waals surface area contributed by atoms with Gasteiger partial charge in [0.05, 0.1) is 13.2 Å². The lowest BCUT2D eigenvalue weighted by atomic mass is 10.1. The maximum absolute atomic E-state index is 8.65. The summed E-state index contributed by atoms with van der Waals surface area (Å²) >= 11 is 3.38.